The van der Waals surface area contributed by atoms with Crippen LogP contribution in [-0.4, -0.2) is 60.1 Å². The van der Waals surface area contributed by atoms with Crippen molar-refractivity contribution in [3.05, 3.63) is 35.6 Å². The number of carbonyl (C=O) groups excluding carboxylic acids is 1. The Morgan fingerprint density at radius 2 is 1.95 bits per heavy atom. The van der Waals surface area contributed by atoms with Gasteiger partial charge in [-0.25, -0.2) is 4.39 Å². The lowest BCUT2D eigenvalue weighted by atomic mass is 9.99. The van der Waals surface area contributed by atoms with Crippen LogP contribution >= 0.6 is 0 Å². The Labute approximate surface area is 118 Å². The van der Waals surface area contributed by atoms with Crippen molar-refractivity contribution in [2.45, 2.75) is 12.8 Å². The Morgan fingerprint density at radius 1 is 1.30 bits per heavy atom. The van der Waals surface area contributed by atoms with Crippen molar-refractivity contribution in [3.8, 4) is 0 Å². The summed E-state index contributed by atoms with van der Waals surface area (Å²) in [5.74, 6) is -0.813. The molecule has 2 rings (SSSR count). The number of hydrogen-bond donors (Lipinski definition) is 1. The third kappa shape index (κ3) is 3.35. The van der Waals surface area contributed by atoms with Gasteiger partial charge in [0.25, 0.3) is 0 Å². The first kappa shape index (κ1) is 14.9. The van der Waals surface area contributed by atoms with Gasteiger partial charge in [0.15, 0.2) is 0 Å². The van der Waals surface area contributed by atoms with Gasteiger partial charge in [-0.15, -0.1) is 0 Å². The van der Waals surface area contributed by atoms with Crippen LogP contribution in [0.2, 0.25) is 0 Å². The van der Waals surface area contributed by atoms with Gasteiger partial charge < -0.3 is 10.0 Å². The molecule has 0 aliphatic carbocycles. The normalized spacial score (nSPS) is 18.1. The van der Waals surface area contributed by atoms with Gasteiger partial charge in [-0.2, -0.15) is 0 Å². The van der Waals surface area contributed by atoms with Crippen LogP contribution < -0.4 is 0 Å². The average molecular weight is 280 g/mol. The summed E-state index contributed by atoms with van der Waals surface area (Å²) in [6, 6.07) is 6.43. The van der Waals surface area contributed by atoms with E-state index >= 15 is 0 Å². The van der Waals surface area contributed by atoms with Gasteiger partial charge in [0.05, 0.1) is 12.5 Å². The van der Waals surface area contributed by atoms with Crippen LogP contribution in [-0.2, 0) is 4.79 Å². The summed E-state index contributed by atoms with van der Waals surface area (Å²) in [4.78, 5) is 16.3. The molecule has 1 N–H and O–H groups in total. The lowest BCUT2D eigenvalue weighted by molar-refractivity contribution is -0.134. The predicted molar refractivity (Wildman–Crippen MR) is 74.9 cm³/mol. The maximum atomic E-state index is 13.7. The van der Waals surface area contributed by atoms with Crippen molar-refractivity contribution in [3.63, 3.8) is 0 Å². The quantitative estimate of drug-likeness (QED) is 0.897. The topological polar surface area (TPSA) is 43.8 Å². The lowest BCUT2D eigenvalue weighted by Crippen LogP contribution is -2.50. The minimum Gasteiger partial charge on any atom is -0.395 e. The summed E-state index contributed by atoms with van der Waals surface area (Å²) in [5, 5.41) is 8.90. The number of nitrogens with zero attached hydrogens (tertiary/aromatic N) is 2. The molecule has 0 spiro atoms. The van der Waals surface area contributed by atoms with E-state index in [1.54, 1.807) is 30.0 Å². The predicted octanol–water partition coefficient (Wildman–Crippen LogP) is 1.07. The van der Waals surface area contributed by atoms with Crippen LogP contribution in [0.3, 0.4) is 0 Å². The van der Waals surface area contributed by atoms with E-state index in [0.717, 1.165) is 13.1 Å². The molecule has 1 heterocycles. The molecule has 0 saturated carbocycles. The van der Waals surface area contributed by atoms with Gasteiger partial charge in [0.1, 0.15) is 5.82 Å². The second kappa shape index (κ2) is 6.81. The highest BCUT2D eigenvalue weighted by Crippen LogP contribution is 2.21. The number of aliphatic hydroxyl groups is 1. The number of carbonyl (C=O) groups is 1. The molecule has 110 valence electrons. The van der Waals surface area contributed by atoms with Crippen LogP contribution in [0.15, 0.2) is 24.3 Å². The van der Waals surface area contributed by atoms with Crippen molar-refractivity contribution in [2.24, 2.45) is 0 Å². The van der Waals surface area contributed by atoms with Crippen LogP contribution in [0.25, 0.3) is 0 Å². The molecule has 1 fully saturated rings. The van der Waals surface area contributed by atoms with Gasteiger partial charge in [0, 0.05) is 32.7 Å². The fourth-order valence-electron chi connectivity index (χ4n) is 2.57. The summed E-state index contributed by atoms with van der Waals surface area (Å²) in [6.07, 6.45) is 0. The van der Waals surface area contributed by atoms with Crippen molar-refractivity contribution >= 4 is 5.91 Å². The fraction of sp³-hybridized carbons (Fsp3) is 0.533. The third-order valence-electron chi connectivity index (χ3n) is 3.84. The zero-order valence-corrected chi connectivity index (χ0v) is 11.8. The Kier molecular flexibility index (Phi) is 5.09. The van der Waals surface area contributed by atoms with Gasteiger partial charge in [0.2, 0.25) is 5.91 Å². The molecule has 0 bridgehead atoms. The Balaban J connectivity index is 1.97. The molecule has 1 aromatic rings. The first-order chi connectivity index (χ1) is 9.63. The van der Waals surface area contributed by atoms with Crippen molar-refractivity contribution in [1.29, 1.82) is 0 Å². The van der Waals surface area contributed by atoms with E-state index < -0.39 is 5.92 Å². The summed E-state index contributed by atoms with van der Waals surface area (Å²) in [5.41, 5.74) is 0.454. The molecule has 1 aromatic carbocycles. The number of halogens is 1. The third-order valence-corrected chi connectivity index (χ3v) is 3.84. The summed E-state index contributed by atoms with van der Waals surface area (Å²) in [7, 11) is 0. The number of amides is 1. The van der Waals surface area contributed by atoms with Crippen LogP contribution in [0, 0.1) is 5.82 Å². The monoisotopic (exact) mass is 280 g/mol. The number of benzene rings is 1. The number of hydrogen-bond acceptors (Lipinski definition) is 3. The molecule has 1 aliphatic heterocycles. The molecule has 1 amide bonds. The van der Waals surface area contributed by atoms with E-state index in [-0.39, 0.29) is 18.3 Å². The Morgan fingerprint density at radius 3 is 2.55 bits per heavy atom. The van der Waals surface area contributed by atoms with Crippen molar-refractivity contribution in [2.75, 3.05) is 39.3 Å². The van der Waals surface area contributed by atoms with Gasteiger partial charge in [-0.05, 0) is 18.6 Å². The molecule has 0 aromatic heterocycles. The fourth-order valence-corrected chi connectivity index (χ4v) is 2.57. The standard InChI is InChI=1S/C15H21FN2O2/c1-12(13-4-2-3-5-14(13)16)15(20)18-8-6-17(7-9-18)10-11-19/h2-5,12,19H,6-11H2,1H3. The second-order valence-corrected chi connectivity index (χ2v) is 5.13. The SMILES string of the molecule is CC(C(=O)N1CCN(CCO)CC1)c1ccccc1F. The van der Waals surface area contributed by atoms with E-state index in [1.165, 1.54) is 6.07 Å². The molecule has 20 heavy (non-hydrogen) atoms. The summed E-state index contributed by atoms with van der Waals surface area (Å²) in [6.45, 7) is 5.33. The minimum absolute atomic E-state index is 0.0289. The highest BCUT2D eigenvalue weighted by atomic mass is 19.1. The van der Waals surface area contributed by atoms with Gasteiger partial charge in [-0.3, -0.25) is 9.69 Å². The van der Waals surface area contributed by atoms with E-state index in [2.05, 4.69) is 4.90 Å². The molecular formula is C15H21FN2O2. The molecule has 4 nitrogen and oxygen atoms in total. The van der Waals surface area contributed by atoms with E-state index in [4.69, 9.17) is 5.11 Å². The molecule has 1 aliphatic rings. The minimum atomic E-state index is -0.458. The number of aliphatic hydroxyl groups excluding tert-OH is 1. The first-order valence-corrected chi connectivity index (χ1v) is 7.00. The highest BCUT2D eigenvalue weighted by molar-refractivity contribution is 5.83. The summed E-state index contributed by atoms with van der Waals surface area (Å²) < 4.78 is 13.7. The maximum absolute atomic E-state index is 13.7. The number of β-amino-alcohol motifs (C(OH)–C–C–N with tert-alkyl or cyclic N) is 1. The lowest BCUT2D eigenvalue weighted by Gasteiger charge is -2.35. The zero-order valence-electron chi connectivity index (χ0n) is 11.8. The molecule has 1 unspecified atom stereocenters. The molecular weight excluding hydrogens is 259 g/mol. The van der Waals surface area contributed by atoms with Gasteiger partial charge in [-0.1, -0.05) is 18.2 Å². The van der Waals surface area contributed by atoms with Crippen LogP contribution in [0.5, 0.6) is 0 Å². The number of piperazine rings is 1. The summed E-state index contributed by atoms with van der Waals surface area (Å²) >= 11 is 0. The van der Waals surface area contributed by atoms with Crippen LogP contribution in [0.1, 0.15) is 18.4 Å². The molecule has 5 heteroatoms. The van der Waals surface area contributed by atoms with Gasteiger partial charge >= 0.3 is 0 Å². The largest absolute Gasteiger partial charge is 0.395 e. The Hall–Kier alpha value is -1.46. The first-order valence-electron chi connectivity index (χ1n) is 7.00. The molecule has 1 saturated heterocycles. The number of rotatable bonds is 4. The highest BCUT2D eigenvalue weighted by Gasteiger charge is 2.26. The van der Waals surface area contributed by atoms with Crippen molar-refractivity contribution < 1.29 is 14.3 Å². The van der Waals surface area contributed by atoms with Crippen molar-refractivity contribution in [1.82, 2.24) is 9.80 Å². The van der Waals surface area contributed by atoms with Crippen LogP contribution in [0.4, 0.5) is 4.39 Å². The second-order valence-electron chi connectivity index (χ2n) is 5.13. The Bertz CT molecular complexity index is 459. The zero-order chi connectivity index (χ0) is 14.5. The molecule has 1 atom stereocenters. The average Bonchev–Trinajstić information content (AvgIpc) is 2.47. The molecule has 0 radical (unpaired) electrons. The van der Waals surface area contributed by atoms with E-state index in [9.17, 15) is 9.18 Å². The van der Waals surface area contributed by atoms with E-state index in [1.807, 2.05) is 0 Å². The van der Waals surface area contributed by atoms with E-state index in [0.29, 0.717) is 25.2 Å². The maximum Gasteiger partial charge on any atom is 0.230 e. The smallest absolute Gasteiger partial charge is 0.230 e.